The molecule has 0 spiro atoms. The lowest BCUT2D eigenvalue weighted by atomic mass is 9.72. The summed E-state index contributed by atoms with van der Waals surface area (Å²) in [4.78, 5) is 13.8. The number of ether oxygens (including phenoxy) is 1. The number of carbonyl (C=O) groups excluding carboxylic acids is 1. The van der Waals surface area contributed by atoms with Gasteiger partial charge < -0.3 is 15.0 Å². The van der Waals surface area contributed by atoms with Crippen molar-refractivity contribution in [3.63, 3.8) is 0 Å². The highest BCUT2D eigenvalue weighted by Crippen LogP contribution is 2.36. The number of likely N-dealkylation sites (tertiary alicyclic amines) is 1. The molecule has 2 heterocycles. The van der Waals surface area contributed by atoms with Crippen molar-refractivity contribution in [2.24, 2.45) is 5.41 Å². The Morgan fingerprint density at radius 2 is 1.96 bits per heavy atom. The zero-order chi connectivity index (χ0) is 18.4. The zero-order valence-electron chi connectivity index (χ0n) is 15.8. The lowest BCUT2D eigenvalue weighted by Crippen LogP contribution is -2.51. The molecule has 1 N–H and O–H groups in total. The zero-order valence-corrected chi connectivity index (χ0v) is 15.8. The van der Waals surface area contributed by atoms with Gasteiger partial charge in [0.1, 0.15) is 5.60 Å². The summed E-state index contributed by atoms with van der Waals surface area (Å²) in [5, 5.41) is 13.0. The van der Waals surface area contributed by atoms with Gasteiger partial charge in [-0.1, -0.05) is 25.5 Å². The van der Waals surface area contributed by atoms with Gasteiger partial charge in [-0.2, -0.15) is 5.26 Å². The van der Waals surface area contributed by atoms with E-state index < -0.39 is 11.0 Å². The molecule has 0 aromatic heterocycles. The Morgan fingerprint density at radius 1 is 1.38 bits per heavy atom. The van der Waals surface area contributed by atoms with Crippen molar-refractivity contribution in [3.05, 3.63) is 23.9 Å². The smallest absolute Gasteiger partial charge is 0.410 e. The van der Waals surface area contributed by atoms with Gasteiger partial charge in [-0.05, 0) is 52.8 Å². The van der Waals surface area contributed by atoms with Crippen LogP contribution in [0.2, 0.25) is 0 Å². The van der Waals surface area contributed by atoms with Gasteiger partial charge in [-0.15, -0.1) is 0 Å². The first-order chi connectivity index (χ1) is 11.3. The second kappa shape index (κ2) is 8.23. The number of nitrogens with one attached hydrogen (secondary N) is 1. The molecule has 0 radical (unpaired) electrons. The molecule has 0 saturated carbocycles. The maximum atomic E-state index is 12.1. The van der Waals surface area contributed by atoms with E-state index in [2.05, 4.69) is 17.5 Å². The monoisotopic (exact) mass is 333 g/mol. The maximum Gasteiger partial charge on any atom is 0.410 e. The molecule has 2 aliphatic rings. The largest absolute Gasteiger partial charge is 0.444 e. The molecule has 1 fully saturated rings. The summed E-state index contributed by atoms with van der Waals surface area (Å²) in [6.45, 7) is 12.7. The molecule has 0 aromatic rings. The number of dihydropyridines is 1. The van der Waals surface area contributed by atoms with Crippen LogP contribution in [0.25, 0.3) is 0 Å². The average Bonchev–Trinajstić information content (AvgIpc) is 2.55. The van der Waals surface area contributed by atoms with Crippen LogP contribution in [0, 0.1) is 16.7 Å². The Bertz CT molecular complexity index is 530. The minimum absolute atomic E-state index is 0.00304. The van der Waals surface area contributed by atoms with Gasteiger partial charge in [-0.25, -0.2) is 4.79 Å². The molecule has 1 amide bonds. The first-order valence-corrected chi connectivity index (χ1v) is 8.76. The minimum atomic E-state index is -0.490. The highest BCUT2D eigenvalue weighted by Gasteiger charge is 2.42. The van der Waals surface area contributed by atoms with E-state index in [0.29, 0.717) is 25.9 Å². The van der Waals surface area contributed by atoms with Crippen LogP contribution in [0.5, 0.6) is 0 Å². The van der Waals surface area contributed by atoms with Crippen molar-refractivity contribution in [2.45, 2.75) is 66.0 Å². The quantitative estimate of drug-likeness (QED) is 0.788. The Balaban J connectivity index is 0.00000139. The normalized spacial score (nSPS) is 22.3. The van der Waals surface area contributed by atoms with E-state index in [4.69, 9.17) is 4.74 Å². The third-order valence-corrected chi connectivity index (χ3v) is 4.18. The molecule has 134 valence electrons. The van der Waals surface area contributed by atoms with Crippen LogP contribution in [0.4, 0.5) is 4.79 Å². The molecule has 2 rings (SSSR count). The Labute approximate surface area is 146 Å². The van der Waals surface area contributed by atoms with E-state index in [1.165, 1.54) is 0 Å². The predicted octanol–water partition coefficient (Wildman–Crippen LogP) is 3.99. The van der Waals surface area contributed by atoms with Crippen molar-refractivity contribution in [3.8, 4) is 6.07 Å². The van der Waals surface area contributed by atoms with Crippen LogP contribution in [0.1, 0.15) is 54.4 Å². The lowest BCUT2D eigenvalue weighted by Gasteiger charge is -2.42. The van der Waals surface area contributed by atoms with Gasteiger partial charge in [0, 0.05) is 13.1 Å². The fourth-order valence-corrected chi connectivity index (χ4v) is 2.88. The first kappa shape index (κ1) is 20.1. The van der Waals surface area contributed by atoms with Crippen LogP contribution < -0.4 is 5.32 Å². The highest BCUT2D eigenvalue weighted by atomic mass is 16.6. The first-order valence-electron chi connectivity index (χ1n) is 8.76. The summed E-state index contributed by atoms with van der Waals surface area (Å²) in [7, 11) is 0. The van der Waals surface area contributed by atoms with Crippen LogP contribution >= 0.6 is 0 Å². The third kappa shape index (κ3) is 5.02. The van der Waals surface area contributed by atoms with E-state index in [-0.39, 0.29) is 12.1 Å². The predicted molar refractivity (Wildman–Crippen MR) is 96.3 cm³/mol. The van der Waals surface area contributed by atoms with Crippen LogP contribution in [-0.4, -0.2) is 35.7 Å². The number of nitrogens with zero attached hydrogens (tertiary/aromatic N) is 2. The van der Waals surface area contributed by atoms with Crippen LogP contribution in [-0.2, 0) is 4.74 Å². The number of carbonyl (C=O) groups is 1. The molecular weight excluding hydrogens is 302 g/mol. The molecular formula is C19H31N3O2. The van der Waals surface area contributed by atoms with Crippen molar-refractivity contribution >= 4 is 6.09 Å². The molecule has 24 heavy (non-hydrogen) atoms. The van der Waals surface area contributed by atoms with Gasteiger partial charge in [0.2, 0.25) is 0 Å². The molecule has 0 aliphatic carbocycles. The van der Waals surface area contributed by atoms with E-state index >= 15 is 0 Å². The molecule has 2 aliphatic heterocycles. The minimum Gasteiger partial charge on any atom is -0.444 e. The van der Waals surface area contributed by atoms with E-state index in [9.17, 15) is 10.1 Å². The Morgan fingerprint density at radius 3 is 2.42 bits per heavy atom. The van der Waals surface area contributed by atoms with Crippen LogP contribution in [0.3, 0.4) is 0 Å². The van der Waals surface area contributed by atoms with Gasteiger partial charge in [0.15, 0.2) is 0 Å². The number of amides is 1. The van der Waals surface area contributed by atoms with Crippen LogP contribution in [0.15, 0.2) is 23.9 Å². The Kier molecular flexibility index (Phi) is 6.89. The molecule has 5 heteroatoms. The summed E-state index contributed by atoms with van der Waals surface area (Å²) in [5.74, 6) is 0. The Hall–Kier alpha value is -1.96. The van der Waals surface area contributed by atoms with Gasteiger partial charge >= 0.3 is 6.09 Å². The molecule has 1 unspecified atom stereocenters. The summed E-state index contributed by atoms with van der Waals surface area (Å²) < 4.78 is 5.41. The fraction of sp³-hybridized carbons (Fsp3) is 0.684. The van der Waals surface area contributed by atoms with Crippen molar-refractivity contribution in [1.29, 1.82) is 5.26 Å². The topological polar surface area (TPSA) is 65.4 Å². The molecule has 5 nitrogen and oxygen atoms in total. The summed E-state index contributed by atoms with van der Waals surface area (Å²) in [6, 6.07) is 2.50. The number of hydrogen-bond donors (Lipinski definition) is 1. The van der Waals surface area contributed by atoms with Crippen molar-refractivity contribution < 1.29 is 9.53 Å². The molecule has 1 atom stereocenters. The highest BCUT2D eigenvalue weighted by molar-refractivity contribution is 5.68. The number of nitriles is 1. The van der Waals surface area contributed by atoms with Crippen molar-refractivity contribution in [2.75, 3.05) is 13.1 Å². The van der Waals surface area contributed by atoms with E-state index in [1.807, 2.05) is 53.8 Å². The SMILES string of the molecule is CC.CC1=CC(C2(C#N)CCN(C(=O)OC(C)(C)C)CC2)NC=C1. The number of rotatable bonds is 1. The van der Waals surface area contributed by atoms with Crippen molar-refractivity contribution in [1.82, 2.24) is 10.2 Å². The van der Waals surface area contributed by atoms with Gasteiger partial charge in [0.25, 0.3) is 0 Å². The summed E-state index contributed by atoms with van der Waals surface area (Å²) >= 11 is 0. The second-order valence-electron chi connectivity index (χ2n) is 7.12. The van der Waals surface area contributed by atoms with E-state index in [0.717, 1.165) is 5.57 Å². The molecule has 0 bridgehead atoms. The second-order valence-corrected chi connectivity index (χ2v) is 7.12. The van der Waals surface area contributed by atoms with Gasteiger partial charge in [0.05, 0.1) is 17.5 Å². The standard InChI is InChI=1S/C17H25N3O2.C2H6/c1-13-5-8-19-14(11-13)17(12-18)6-9-20(10-7-17)15(21)22-16(2,3)4;1-2/h5,8,11,14,19H,6-7,9-10H2,1-4H3;1-2H3. The summed E-state index contributed by atoms with van der Waals surface area (Å²) in [6.07, 6.45) is 7.02. The molecule has 1 saturated heterocycles. The van der Waals surface area contributed by atoms with E-state index in [1.54, 1.807) is 4.90 Å². The number of hydrogen-bond acceptors (Lipinski definition) is 4. The third-order valence-electron chi connectivity index (χ3n) is 4.18. The van der Waals surface area contributed by atoms with Gasteiger partial charge in [-0.3, -0.25) is 0 Å². The lowest BCUT2D eigenvalue weighted by molar-refractivity contribution is 0.0134. The maximum absolute atomic E-state index is 12.1. The average molecular weight is 333 g/mol. The summed E-state index contributed by atoms with van der Waals surface area (Å²) in [5.41, 5.74) is 0.203. The number of piperidine rings is 1. The molecule has 0 aromatic carbocycles. The fourth-order valence-electron chi connectivity index (χ4n) is 2.88. The number of allylic oxidation sites excluding steroid dienone is 2.